The average Bonchev–Trinajstić information content (AvgIpc) is 3.01. The summed E-state index contributed by atoms with van der Waals surface area (Å²) in [5.74, 6) is -1.59. The van der Waals surface area contributed by atoms with Gasteiger partial charge in [0.25, 0.3) is 5.91 Å². The van der Waals surface area contributed by atoms with Crippen molar-refractivity contribution < 1.29 is 18.7 Å². The molecule has 0 fully saturated rings. The number of aryl methyl sites for hydroxylation is 1. The molecule has 1 aromatic heterocycles. The number of aromatic nitrogens is 2. The predicted molar refractivity (Wildman–Crippen MR) is 106 cm³/mol. The number of hydrogen-bond acceptors (Lipinski definition) is 4. The Kier molecular flexibility index (Phi) is 6.29. The Labute approximate surface area is 172 Å². The second-order valence-electron chi connectivity index (χ2n) is 6.39. The van der Waals surface area contributed by atoms with Gasteiger partial charge in [0.05, 0.1) is 11.4 Å². The highest BCUT2D eigenvalue weighted by Gasteiger charge is 2.26. The maximum atomic E-state index is 13.1. The van der Waals surface area contributed by atoms with Crippen molar-refractivity contribution in [2.75, 3.05) is 0 Å². The van der Waals surface area contributed by atoms with Gasteiger partial charge in [-0.25, -0.2) is 13.9 Å². The molecule has 0 bridgehead atoms. The van der Waals surface area contributed by atoms with Crippen LogP contribution in [0.1, 0.15) is 28.5 Å². The molecule has 6 nitrogen and oxygen atoms in total. The maximum absolute atomic E-state index is 13.1. The Morgan fingerprint density at radius 3 is 2.48 bits per heavy atom. The van der Waals surface area contributed by atoms with Crippen LogP contribution in [0.2, 0.25) is 5.15 Å². The van der Waals surface area contributed by atoms with Gasteiger partial charge in [0.15, 0.2) is 6.10 Å². The van der Waals surface area contributed by atoms with Gasteiger partial charge >= 0.3 is 5.97 Å². The number of carbonyl (C=O) groups is 2. The Hall–Kier alpha value is -3.19. The van der Waals surface area contributed by atoms with Crippen LogP contribution in [0.3, 0.4) is 0 Å². The van der Waals surface area contributed by atoms with E-state index in [9.17, 15) is 14.0 Å². The van der Waals surface area contributed by atoms with E-state index in [2.05, 4.69) is 10.4 Å². The fourth-order valence-electron chi connectivity index (χ4n) is 2.69. The zero-order chi connectivity index (χ0) is 21.0. The Bertz CT molecular complexity index is 1020. The van der Waals surface area contributed by atoms with Gasteiger partial charge in [0.2, 0.25) is 0 Å². The van der Waals surface area contributed by atoms with Crippen molar-refractivity contribution >= 4 is 23.5 Å². The van der Waals surface area contributed by atoms with Crippen molar-refractivity contribution in [1.29, 1.82) is 0 Å². The van der Waals surface area contributed by atoms with Gasteiger partial charge < -0.3 is 10.1 Å². The minimum atomic E-state index is -1.02. The highest BCUT2D eigenvalue weighted by Crippen LogP contribution is 2.25. The van der Waals surface area contributed by atoms with E-state index >= 15 is 0 Å². The highest BCUT2D eigenvalue weighted by atomic mass is 35.5. The van der Waals surface area contributed by atoms with E-state index in [1.54, 1.807) is 6.92 Å². The number of nitrogens with one attached hydrogen (secondary N) is 1. The first-order valence-electron chi connectivity index (χ1n) is 8.90. The van der Waals surface area contributed by atoms with Gasteiger partial charge in [0.1, 0.15) is 16.5 Å². The molecule has 1 amide bonds. The van der Waals surface area contributed by atoms with Crippen molar-refractivity contribution in [2.24, 2.45) is 0 Å². The summed E-state index contributed by atoms with van der Waals surface area (Å²) in [6.07, 6.45) is -1.02. The molecule has 0 unspecified atom stereocenters. The summed E-state index contributed by atoms with van der Waals surface area (Å²) >= 11 is 6.31. The number of esters is 1. The molecule has 0 saturated carbocycles. The minimum Gasteiger partial charge on any atom is -0.449 e. The average molecular weight is 416 g/mol. The van der Waals surface area contributed by atoms with Crippen LogP contribution in [-0.4, -0.2) is 27.8 Å². The molecular formula is C21H19ClFN3O3. The quantitative estimate of drug-likeness (QED) is 0.621. The summed E-state index contributed by atoms with van der Waals surface area (Å²) in [6.45, 7) is 3.40. The van der Waals surface area contributed by atoms with Crippen LogP contribution in [-0.2, 0) is 16.1 Å². The molecule has 0 aliphatic rings. The number of amides is 1. The van der Waals surface area contributed by atoms with E-state index in [1.807, 2.05) is 30.3 Å². The number of benzene rings is 2. The molecule has 0 aliphatic carbocycles. The molecule has 3 rings (SSSR count). The van der Waals surface area contributed by atoms with Crippen LogP contribution >= 0.6 is 11.6 Å². The van der Waals surface area contributed by atoms with E-state index < -0.39 is 23.8 Å². The second-order valence-corrected chi connectivity index (χ2v) is 6.75. The molecule has 0 spiro atoms. The Balaban J connectivity index is 1.68. The smallest absolute Gasteiger partial charge is 0.344 e. The molecule has 0 saturated heterocycles. The lowest BCUT2D eigenvalue weighted by Crippen LogP contribution is -2.35. The number of carbonyl (C=O) groups excluding carboxylic acids is 2. The van der Waals surface area contributed by atoms with E-state index in [1.165, 1.54) is 35.9 Å². The third kappa shape index (κ3) is 4.81. The van der Waals surface area contributed by atoms with E-state index in [-0.39, 0.29) is 10.7 Å². The fraction of sp³-hybridized carbons (Fsp3) is 0.190. The molecular weight excluding hydrogens is 397 g/mol. The van der Waals surface area contributed by atoms with E-state index in [4.69, 9.17) is 16.3 Å². The zero-order valence-electron chi connectivity index (χ0n) is 15.9. The Morgan fingerprint density at radius 2 is 1.83 bits per heavy atom. The van der Waals surface area contributed by atoms with Crippen molar-refractivity contribution in [1.82, 2.24) is 15.1 Å². The maximum Gasteiger partial charge on any atom is 0.344 e. The van der Waals surface area contributed by atoms with Gasteiger partial charge in [-0.3, -0.25) is 4.79 Å². The first-order valence-corrected chi connectivity index (χ1v) is 9.28. The lowest BCUT2D eigenvalue weighted by molar-refractivity contribution is -0.129. The summed E-state index contributed by atoms with van der Waals surface area (Å²) < 4.78 is 19.7. The molecule has 1 N–H and O–H groups in total. The van der Waals surface area contributed by atoms with Crippen LogP contribution in [0.25, 0.3) is 5.69 Å². The fourth-order valence-corrected chi connectivity index (χ4v) is 3.04. The third-order valence-corrected chi connectivity index (χ3v) is 4.59. The first-order chi connectivity index (χ1) is 13.9. The van der Waals surface area contributed by atoms with Crippen LogP contribution in [0.4, 0.5) is 4.39 Å². The Morgan fingerprint density at radius 1 is 1.17 bits per heavy atom. The molecule has 150 valence electrons. The third-order valence-electron chi connectivity index (χ3n) is 4.24. The summed E-state index contributed by atoms with van der Waals surface area (Å²) in [4.78, 5) is 24.8. The zero-order valence-corrected chi connectivity index (χ0v) is 16.6. The predicted octanol–water partition coefficient (Wildman–Crippen LogP) is 3.83. The molecule has 2 aromatic carbocycles. The van der Waals surface area contributed by atoms with Gasteiger partial charge in [-0.2, -0.15) is 5.10 Å². The lowest BCUT2D eigenvalue weighted by atomic mass is 10.2. The van der Waals surface area contributed by atoms with Crippen LogP contribution in [0, 0.1) is 12.7 Å². The second kappa shape index (κ2) is 8.87. The number of nitrogens with zero attached hydrogens (tertiary/aromatic N) is 2. The standard InChI is InChI=1S/C21H19ClFN3O3/c1-13-18(19(22)26(25-13)17-10-8-16(23)9-11-17)21(28)29-14(2)20(27)24-12-15-6-4-3-5-7-15/h3-11,14H,12H2,1-2H3,(H,24,27)/t14-/m0/s1. The SMILES string of the molecule is Cc1nn(-c2ccc(F)cc2)c(Cl)c1C(=O)O[C@@H](C)C(=O)NCc1ccccc1. The number of hydrogen-bond donors (Lipinski definition) is 1. The largest absolute Gasteiger partial charge is 0.449 e. The molecule has 8 heteroatoms. The van der Waals surface area contributed by atoms with Gasteiger partial charge in [-0.15, -0.1) is 0 Å². The highest BCUT2D eigenvalue weighted by molar-refractivity contribution is 6.33. The molecule has 1 atom stereocenters. The summed E-state index contributed by atoms with van der Waals surface area (Å²) in [5, 5.41) is 6.96. The lowest BCUT2D eigenvalue weighted by Gasteiger charge is -2.13. The summed E-state index contributed by atoms with van der Waals surface area (Å²) in [6, 6.07) is 14.9. The summed E-state index contributed by atoms with van der Waals surface area (Å²) in [7, 11) is 0. The number of halogens is 2. The first kappa shape index (κ1) is 20.5. The van der Waals surface area contributed by atoms with Crippen LogP contribution in [0.15, 0.2) is 54.6 Å². The molecule has 29 heavy (non-hydrogen) atoms. The van der Waals surface area contributed by atoms with E-state index in [0.717, 1.165) is 5.56 Å². The van der Waals surface area contributed by atoms with Crippen molar-refractivity contribution in [3.05, 3.63) is 82.4 Å². The molecule has 0 aliphatic heterocycles. The van der Waals surface area contributed by atoms with Gasteiger partial charge in [-0.05, 0) is 43.7 Å². The molecule has 0 radical (unpaired) electrons. The van der Waals surface area contributed by atoms with Gasteiger partial charge in [0, 0.05) is 6.54 Å². The normalized spacial score (nSPS) is 11.7. The number of ether oxygens (including phenoxy) is 1. The van der Waals surface area contributed by atoms with E-state index in [0.29, 0.717) is 17.9 Å². The monoisotopic (exact) mass is 415 g/mol. The molecule has 3 aromatic rings. The van der Waals surface area contributed by atoms with Crippen LogP contribution < -0.4 is 5.32 Å². The van der Waals surface area contributed by atoms with Gasteiger partial charge in [-0.1, -0.05) is 41.9 Å². The van der Waals surface area contributed by atoms with Crippen molar-refractivity contribution in [3.63, 3.8) is 0 Å². The number of rotatable bonds is 6. The van der Waals surface area contributed by atoms with Crippen molar-refractivity contribution in [2.45, 2.75) is 26.5 Å². The topological polar surface area (TPSA) is 73.2 Å². The van der Waals surface area contributed by atoms with Crippen LogP contribution in [0.5, 0.6) is 0 Å². The van der Waals surface area contributed by atoms with Crippen molar-refractivity contribution in [3.8, 4) is 5.69 Å². The molecule has 1 heterocycles. The minimum absolute atomic E-state index is 0.0241. The summed E-state index contributed by atoms with van der Waals surface area (Å²) in [5.41, 5.74) is 1.81.